The Hall–Kier alpha value is -3.53. The first-order valence-corrected chi connectivity index (χ1v) is 11.7. The van der Waals surface area contributed by atoms with Crippen molar-refractivity contribution in [1.29, 1.82) is 0 Å². The minimum Gasteiger partial charge on any atom is -0.447 e. The third kappa shape index (κ3) is 4.65. The Morgan fingerprint density at radius 3 is 2.67 bits per heavy atom. The number of hydrogen-bond donors (Lipinski definition) is 0. The molecule has 4 rings (SSSR count). The minimum atomic E-state index is -1.10. The molecule has 0 saturated carbocycles. The van der Waals surface area contributed by atoms with Crippen molar-refractivity contribution in [3.05, 3.63) is 64.2 Å². The molecule has 170 valence electrons. The molecule has 1 amide bonds. The second-order valence-corrected chi connectivity index (χ2v) is 8.56. The molecule has 0 N–H and O–H groups in total. The van der Waals surface area contributed by atoms with Crippen molar-refractivity contribution in [2.75, 3.05) is 10.7 Å². The van der Waals surface area contributed by atoms with E-state index in [0.717, 1.165) is 25.0 Å². The molecule has 2 heterocycles. The molecular formula is C23H23N5O4S. The van der Waals surface area contributed by atoms with Gasteiger partial charge in [-0.2, -0.15) is 4.98 Å². The Morgan fingerprint density at radius 2 is 1.91 bits per heavy atom. The average molecular weight is 466 g/mol. The lowest BCUT2D eigenvalue weighted by molar-refractivity contribution is -0.386. The van der Waals surface area contributed by atoms with Gasteiger partial charge in [0.1, 0.15) is 0 Å². The Labute approximate surface area is 195 Å². The molecule has 0 fully saturated rings. The number of benzene rings is 2. The summed E-state index contributed by atoms with van der Waals surface area (Å²) in [4.78, 5) is 30.1. The number of nitrogens with zero attached hydrogens (tertiary/aromatic N) is 5. The van der Waals surface area contributed by atoms with Gasteiger partial charge in [0.2, 0.25) is 23.2 Å². The second kappa shape index (κ2) is 9.95. The molecular weight excluding hydrogens is 442 g/mol. The van der Waals surface area contributed by atoms with E-state index >= 15 is 0 Å². The minimum absolute atomic E-state index is 0.147. The molecule has 1 aliphatic heterocycles. The maximum Gasteiger partial charge on any atom is 0.278 e. The predicted octanol–water partition coefficient (Wildman–Crippen LogP) is 5.17. The molecule has 0 saturated heterocycles. The first-order valence-electron chi connectivity index (χ1n) is 10.7. The highest BCUT2D eigenvalue weighted by atomic mass is 32.2. The molecule has 10 heteroatoms. The maximum atomic E-state index is 12.8. The smallest absolute Gasteiger partial charge is 0.278 e. The highest BCUT2D eigenvalue weighted by Gasteiger charge is 2.37. The third-order valence-corrected chi connectivity index (χ3v) is 6.15. The monoisotopic (exact) mass is 465 g/mol. The van der Waals surface area contributed by atoms with Gasteiger partial charge in [-0.25, -0.2) is 0 Å². The lowest BCUT2D eigenvalue weighted by Crippen LogP contribution is -2.36. The zero-order valence-corrected chi connectivity index (χ0v) is 19.1. The highest BCUT2D eigenvalue weighted by Crippen LogP contribution is 2.44. The summed E-state index contributed by atoms with van der Waals surface area (Å²) in [5.41, 5.74) is 1.62. The summed E-state index contributed by atoms with van der Waals surface area (Å²) in [6.07, 6.45) is 2.16. The van der Waals surface area contributed by atoms with Crippen LogP contribution in [0.15, 0.2) is 53.7 Å². The van der Waals surface area contributed by atoms with E-state index < -0.39 is 11.2 Å². The van der Waals surface area contributed by atoms with E-state index in [9.17, 15) is 14.9 Å². The molecule has 1 atom stereocenters. The van der Waals surface area contributed by atoms with Crippen LogP contribution < -0.4 is 9.64 Å². The number of anilines is 1. The van der Waals surface area contributed by atoms with Crippen molar-refractivity contribution in [1.82, 2.24) is 15.2 Å². The van der Waals surface area contributed by atoms with Gasteiger partial charge >= 0.3 is 0 Å². The quantitative estimate of drug-likeness (QED) is 0.203. The van der Waals surface area contributed by atoms with E-state index in [1.165, 1.54) is 29.7 Å². The number of nitro groups is 1. The van der Waals surface area contributed by atoms with E-state index in [1.807, 2.05) is 6.07 Å². The zero-order chi connectivity index (χ0) is 23.4. The van der Waals surface area contributed by atoms with Crippen LogP contribution in [0.4, 0.5) is 11.4 Å². The van der Waals surface area contributed by atoms with E-state index in [0.29, 0.717) is 22.1 Å². The molecule has 0 spiro atoms. The Kier molecular flexibility index (Phi) is 6.83. The van der Waals surface area contributed by atoms with E-state index in [1.54, 1.807) is 36.4 Å². The van der Waals surface area contributed by atoms with Gasteiger partial charge in [0.15, 0.2) is 5.69 Å². The molecule has 0 radical (unpaired) electrons. The summed E-state index contributed by atoms with van der Waals surface area (Å²) >= 11 is 1.48. The number of para-hydroxylation sites is 2. The maximum absolute atomic E-state index is 12.8. The first kappa shape index (κ1) is 22.7. The fourth-order valence-electron chi connectivity index (χ4n) is 3.69. The molecule has 0 unspecified atom stereocenters. The Morgan fingerprint density at radius 1 is 1.15 bits per heavy atom. The molecule has 33 heavy (non-hydrogen) atoms. The molecule has 2 aromatic carbocycles. The van der Waals surface area contributed by atoms with Crippen molar-refractivity contribution in [3.8, 4) is 17.1 Å². The molecule has 9 nitrogen and oxygen atoms in total. The Bertz CT molecular complexity index is 1190. The topological polar surface area (TPSA) is 111 Å². The van der Waals surface area contributed by atoms with Gasteiger partial charge in [0.05, 0.1) is 16.2 Å². The molecule has 0 bridgehead atoms. The lowest BCUT2D eigenvalue weighted by Gasteiger charge is -2.29. The zero-order valence-electron chi connectivity index (χ0n) is 18.3. The van der Waals surface area contributed by atoms with Crippen LogP contribution in [0, 0.1) is 10.1 Å². The van der Waals surface area contributed by atoms with Gasteiger partial charge < -0.3 is 4.74 Å². The number of amides is 1. The van der Waals surface area contributed by atoms with Crippen LogP contribution in [0.3, 0.4) is 0 Å². The van der Waals surface area contributed by atoms with Crippen LogP contribution in [0.2, 0.25) is 0 Å². The van der Waals surface area contributed by atoms with Crippen molar-refractivity contribution in [2.45, 2.75) is 44.5 Å². The van der Waals surface area contributed by atoms with E-state index in [2.05, 4.69) is 22.1 Å². The number of hydrogen-bond acceptors (Lipinski definition) is 8. The third-order valence-electron chi connectivity index (χ3n) is 5.23. The number of nitro benzene ring substituents is 1. The molecule has 0 aliphatic carbocycles. The van der Waals surface area contributed by atoms with E-state index in [-0.39, 0.29) is 23.0 Å². The van der Waals surface area contributed by atoms with Gasteiger partial charge in [-0.15, -0.1) is 10.2 Å². The van der Waals surface area contributed by atoms with Crippen LogP contribution in [0.1, 0.15) is 44.9 Å². The summed E-state index contributed by atoms with van der Waals surface area (Å²) in [5.74, 6) is 0.695. The summed E-state index contributed by atoms with van der Waals surface area (Å²) in [6.45, 7) is 3.53. The SMILES string of the molecule is CCCCCSc1nnc2c(n1)O[C@@H](c1ccccc1[N+](=O)[O-])N(C(C)=O)c1ccccc1-2. The summed E-state index contributed by atoms with van der Waals surface area (Å²) < 4.78 is 6.23. The van der Waals surface area contributed by atoms with E-state index in [4.69, 9.17) is 4.74 Å². The predicted molar refractivity (Wildman–Crippen MR) is 125 cm³/mol. The summed E-state index contributed by atoms with van der Waals surface area (Å²) in [5, 5.41) is 20.8. The van der Waals surface area contributed by atoms with Crippen LogP contribution in [-0.2, 0) is 4.79 Å². The number of aromatic nitrogens is 3. The molecule has 1 aliphatic rings. The number of unbranched alkanes of at least 4 members (excludes halogenated alkanes) is 2. The van der Waals surface area contributed by atoms with Gasteiger partial charge in [0, 0.05) is 24.3 Å². The number of fused-ring (bicyclic) bond motifs is 3. The van der Waals surface area contributed by atoms with Crippen molar-refractivity contribution in [3.63, 3.8) is 0 Å². The van der Waals surface area contributed by atoms with Crippen molar-refractivity contribution in [2.24, 2.45) is 0 Å². The van der Waals surface area contributed by atoms with Crippen LogP contribution in [0.5, 0.6) is 5.88 Å². The first-order chi connectivity index (χ1) is 16.0. The number of rotatable bonds is 7. The van der Waals surface area contributed by atoms with Crippen LogP contribution >= 0.6 is 11.8 Å². The largest absolute Gasteiger partial charge is 0.447 e. The normalized spacial score (nSPS) is 14.6. The summed E-state index contributed by atoms with van der Waals surface area (Å²) in [7, 11) is 0. The fraction of sp³-hybridized carbons (Fsp3) is 0.304. The van der Waals surface area contributed by atoms with Crippen molar-refractivity contribution < 1.29 is 14.5 Å². The molecule has 3 aromatic rings. The average Bonchev–Trinajstić information content (AvgIpc) is 2.96. The van der Waals surface area contributed by atoms with Crippen molar-refractivity contribution >= 4 is 29.0 Å². The standard InChI is InChI=1S/C23H23N5O4S/c1-3-4-9-14-33-23-24-21-20(25-26-23)16-10-5-7-12-18(16)27(15(2)29)22(32-21)17-11-6-8-13-19(17)28(30)31/h5-8,10-13,22H,3-4,9,14H2,1-2H3/t22-/m0/s1. The molecule has 1 aromatic heterocycles. The van der Waals surface area contributed by atoms with Gasteiger partial charge in [0.25, 0.3) is 5.69 Å². The number of thioether (sulfide) groups is 1. The number of carbonyl (C=O) groups is 1. The van der Waals surface area contributed by atoms with Gasteiger partial charge in [-0.05, 0) is 18.6 Å². The Balaban J connectivity index is 1.85. The second-order valence-electron chi connectivity index (χ2n) is 7.50. The number of carbonyl (C=O) groups excluding carboxylic acids is 1. The highest BCUT2D eigenvalue weighted by molar-refractivity contribution is 7.99. The van der Waals surface area contributed by atoms with Gasteiger partial charge in [-0.1, -0.05) is 61.9 Å². The van der Waals surface area contributed by atoms with Crippen LogP contribution in [0.25, 0.3) is 11.3 Å². The van der Waals surface area contributed by atoms with Gasteiger partial charge in [-0.3, -0.25) is 19.8 Å². The number of ether oxygens (including phenoxy) is 1. The summed E-state index contributed by atoms with van der Waals surface area (Å²) in [6, 6.07) is 13.4. The fourth-order valence-corrected chi connectivity index (χ4v) is 4.47. The van der Waals surface area contributed by atoms with Crippen LogP contribution in [-0.4, -0.2) is 31.8 Å². The lowest BCUT2D eigenvalue weighted by atomic mass is 10.1.